The fourth-order valence-corrected chi connectivity index (χ4v) is 3.10. The van der Waals surface area contributed by atoms with E-state index in [1.807, 2.05) is 32.0 Å². The third kappa shape index (κ3) is 2.76. The lowest BCUT2D eigenvalue weighted by Crippen LogP contribution is -2.21. The molecular formula is C17H21N3O2. The van der Waals surface area contributed by atoms with Gasteiger partial charge in [0.15, 0.2) is 5.82 Å². The van der Waals surface area contributed by atoms with Crippen LogP contribution >= 0.6 is 0 Å². The van der Waals surface area contributed by atoms with Crippen molar-refractivity contribution < 1.29 is 10.2 Å². The number of aromatic hydroxyl groups is 1. The number of aromatic nitrogens is 2. The van der Waals surface area contributed by atoms with Gasteiger partial charge in [0.2, 0.25) is 0 Å². The highest BCUT2D eigenvalue weighted by molar-refractivity contribution is 5.71. The molecule has 0 saturated carbocycles. The molecule has 1 atom stereocenters. The van der Waals surface area contributed by atoms with Gasteiger partial charge in [0.25, 0.3) is 0 Å². The van der Waals surface area contributed by atoms with Crippen LogP contribution in [0.2, 0.25) is 0 Å². The Balaban J connectivity index is 1.86. The van der Waals surface area contributed by atoms with Crippen molar-refractivity contribution in [1.29, 1.82) is 0 Å². The smallest absolute Gasteiger partial charge is 0.151 e. The molecule has 22 heavy (non-hydrogen) atoms. The second-order valence-electron chi connectivity index (χ2n) is 6.04. The molecule has 0 radical (unpaired) electrons. The Labute approximate surface area is 130 Å². The van der Waals surface area contributed by atoms with Gasteiger partial charge in [-0.05, 0) is 49.6 Å². The molecule has 1 aromatic carbocycles. The summed E-state index contributed by atoms with van der Waals surface area (Å²) in [5, 5.41) is 28.0. The molecule has 5 heteroatoms. The van der Waals surface area contributed by atoms with Crippen LogP contribution in [0.5, 0.6) is 5.75 Å². The van der Waals surface area contributed by atoms with E-state index in [2.05, 4.69) is 15.1 Å². The molecule has 1 aromatic heterocycles. The average Bonchev–Trinajstić information content (AvgIpc) is 2.96. The van der Waals surface area contributed by atoms with Crippen LogP contribution in [-0.4, -0.2) is 40.1 Å². The van der Waals surface area contributed by atoms with Crippen molar-refractivity contribution in [3.63, 3.8) is 0 Å². The summed E-state index contributed by atoms with van der Waals surface area (Å²) in [5.74, 6) is 1.38. The van der Waals surface area contributed by atoms with E-state index in [0.717, 1.165) is 42.0 Å². The molecule has 0 aliphatic carbocycles. The Morgan fingerprint density at radius 1 is 1.23 bits per heavy atom. The summed E-state index contributed by atoms with van der Waals surface area (Å²) >= 11 is 0. The van der Waals surface area contributed by atoms with Crippen molar-refractivity contribution in [2.45, 2.75) is 20.3 Å². The number of benzene rings is 1. The zero-order valence-corrected chi connectivity index (χ0v) is 13.0. The zero-order chi connectivity index (χ0) is 15.7. The lowest BCUT2D eigenvalue weighted by atomic mass is 10.0. The summed E-state index contributed by atoms with van der Waals surface area (Å²) in [4.78, 5) is 2.14. The highest BCUT2D eigenvalue weighted by atomic mass is 16.3. The van der Waals surface area contributed by atoms with Crippen LogP contribution in [0.4, 0.5) is 5.82 Å². The standard InChI is InChI=1S/C17H21N3O2/c1-11-7-12(2)17(15(22)8-11)14-3-4-16(19-18-14)20-6-5-13(9-20)10-21/h3-4,7-8,13,21-22H,5-6,9-10H2,1-2H3/t13-/m0/s1. The highest BCUT2D eigenvalue weighted by Gasteiger charge is 2.23. The number of hydrogen-bond donors (Lipinski definition) is 2. The summed E-state index contributed by atoms with van der Waals surface area (Å²) in [6, 6.07) is 7.59. The first-order chi connectivity index (χ1) is 10.6. The second kappa shape index (κ2) is 5.93. The van der Waals surface area contributed by atoms with E-state index < -0.39 is 0 Å². The largest absolute Gasteiger partial charge is 0.507 e. The minimum absolute atomic E-state index is 0.221. The van der Waals surface area contributed by atoms with Crippen molar-refractivity contribution >= 4 is 5.82 Å². The maximum atomic E-state index is 10.2. The van der Waals surface area contributed by atoms with Gasteiger partial charge in [-0.25, -0.2) is 0 Å². The van der Waals surface area contributed by atoms with E-state index >= 15 is 0 Å². The molecule has 116 valence electrons. The molecule has 0 bridgehead atoms. The number of rotatable bonds is 3. The predicted molar refractivity (Wildman–Crippen MR) is 86.0 cm³/mol. The Kier molecular flexibility index (Phi) is 3.98. The number of anilines is 1. The lowest BCUT2D eigenvalue weighted by molar-refractivity contribution is 0.238. The van der Waals surface area contributed by atoms with E-state index in [1.165, 1.54) is 0 Å². The van der Waals surface area contributed by atoms with E-state index in [-0.39, 0.29) is 12.4 Å². The molecule has 2 heterocycles. The topological polar surface area (TPSA) is 69.5 Å². The van der Waals surface area contributed by atoms with Crippen LogP contribution in [0.1, 0.15) is 17.5 Å². The molecule has 1 fully saturated rings. The molecule has 3 rings (SSSR count). The van der Waals surface area contributed by atoms with Crippen molar-refractivity contribution in [2.75, 3.05) is 24.6 Å². The predicted octanol–water partition coefficient (Wildman–Crippen LogP) is 2.28. The lowest BCUT2D eigenvalue weighted by Gasteiger charge is -2.17. The van der Waals surface area contributed by atoms with Gasteiger partial charge in [-0.1, -0.05) is 6.07 Å². The Morgan fingerprint density at radius 3 is 2.64 bits per heavy atom. The average molecular weight is 299 g/mol. The van der Waals surface area contributed by atoms with Gasteiger partial charge in [0.05, 0.1) is 5.69 Å². The van der Waals surface area contributed by atoms with Crippen LogP contribution in [0.15, 0.2) is 24.3 Å². The minimum atomic E-state index is 0.221. The van der Waals surface area contributed by atoms with Crippen molar-refractivity contribution in [2.24, 2.45) is 5.92 Å². The number of aryl methyl sites for hydroxylation is 2. The molecule has 0 spiro atoms. The van der Waals surface area contributed by atoms with Crippen LogP contribution in [0.3, 0.4) is 0 Å². The van der Waals surface area contributed by atoms with E-state index in [0.29, 0.717) is 11.6 Å². The van der Waals surface area contributed by atoms with Gasteiger partial charge < -0.3 is 15.1 Å². The van der Waals surface area contributed by atoms with E-state index in [4.69, 9.17) is 0 Å². The number of phenolic OH excluding ortho intramolecular Hbond substituents is 1. The summed E-state index contributed by atoms with van der Waals surface area (Å²) in [6.07, 6.45) is 0.984. The number of aliphatic hydroxyl groups excluding tert-OH is 1. The molecule has 5 nitrogen and oxygen atoms in total. The van der Waals surface area contributed by atoms with E-state index in [9.17, 15) is 10.2 Å². The van der Waals surface area contributed by atoms with E-state index in [1.54, 1.807) is 6.07 Å². The van der Waals surface area contributed by atoms with Crippen LogP contribution in [0, 0.1) is 19.8 Å². The Bertz CT molecular complexity index is 647. The minimum Gasteiger partial charge on any atom is -0.507 e. The van der Waals surface area contributed by atoms with Gasteiger partial charge in [0.1, 0.15) is 5.75 Å². The number of hydrogen-bond acceptors (Lipinski definition) is 5. The fraction of sp³-hybridized carbons (Fsp3) is 0.412. The fourth-order valence-electron chi connectivity index (χ4n) is 3.10. The zero-order valence-electron chi connectivity index (χ0n) is 13.0. The quantitative estimate of drug-likeness (QED) is 0.910. The third-order valence-electron chi connectivity index (χ3n) is 4.23. The maximum Gasteiger partial charge on any atom is 0.151 e. The first-order valence-corrected chi connectivity index (χ1v) is 7.58. The molecular weight excluding hydrogens is 278 g/mol. The van der Waals surface area contributed by atoms with Gasteiger partial charge in [-0.3, -0.25) is 0 Å². The van der Waals surface area contributed by atoms with Crippen LogP contribution in [-0.2, 0) is 0 Å². The summed E-state index contributed by atoms with van der Waals surface area (Å²) in [5.41, 5.74) is 3.42. The number of phenols is 1. The first kappa shape index (κ1) is 14.8. The van der Waals surface area contributed by atoms with Crippen molar-refractivity contribution in [1.82, 2.24) is 10.2 Å². The van der Waals surface area contributed by atoms with Crippen LogP contribution in [0.25, 0.3) is 11.3 Å². The highest BCUT2D eigenvalue weighted by Crippen LogP contribution is 2.32. The first-order valence-electron chi connectivity index (χ1n) is 7.58. The SMILES string of the molecule is Cc1cc(C)c(-c2ccc(N3CC[C@H](CO)C3)nn2)c(O)c1. The summed E-state index contributed by atoms with van der Waals surface area (Å²) in [7, 11) is 0. The molecule has 1 aliphatic heterocycles. The van der Waals surface area contributed by atoms with Gasteiger partial charge in [0, 0.05) is 31.2 Å². The van der Waals surface area contributed by atoms with Gasteiger partial charge in [-0.2, -0.15) is 0 Å². The van der Waals surface area contributed by atoms with Gasteiger partial charge >= 0.3 is 0 Å². The summed E-state index contributed by atoms with van der Waals surface area (Å²) in [6.45, 7) is 5.85. The molecule has 0 unspecified atom stereocenters. The maximum absolute atomic E-state index is 10.2. The molecule has 2 N–H and O–H groups in total. The summed E-state index contributed by atoms with van der Waals surface area (Å²) < 4.78 is 0. The normalized spacial score (nSPS) is 18.0. The molecule has 0 amide bonds. The van der Waals surface area contributed by atoms with Gasteiger partial charge in [-0.15, -0.1) is 10.2 Å². The number of aliphatic hydroxyl groups is 1. The monoisotopic (exact) mass is 299 g/mol. The Hall–Kier alpha value is -2.14. The molecule has 1 aliphatic rings. The molecule has 2 aromatic rings. The number of nitrogens with zero attached hydrogens (tertiary/aromatic N) is 3. The Morgan fingerprint density at radius 2 is 2.05 bits per heavy atom. The third-order valence-corrected chi connectivity index (χ3v) is 4.23. The second-order valence-corrected chi connectivity index (χ2v) is 6.04. The van der Waals surface area contributed by atoms with Crippen LogP contribution < -0.4 is 4.90 Å². The van der Waals surface area contributed by atoms with Crippen molar-refractivity contribution in [3.05, 3.63) is 35.4 Å². The molecule has 1 saturated heterocycles. The van der Waals surface area contributed by atoms with Crippen molar-refractivity contribution in [3.8, 4) is 17.0 Å².